The first-order valence-electron chi connectivity index (χ1n) is 5.30. The summed E-state index contributed by atoms with van der Waals surface area (Å²) in [7, 11) is 0. The average Bonchev–Trinajstić information content (AvgIpc) is 2.25. The van der Waals surface area contributed by atoms with Crippen molar-refractivity contribution in [2.24, 2.45) is 5.41 Å². The van der Waals surface area contributed by atoms with E-state index in [1.54, 1.807) is 0 Å². The van der Waals surface area contributed by atoms with Gasteiger partial charge in [-0.3, -0.25) is 0 Å². The predicted octanol–water partition coefficient (Wildman–Crippen LogP) is 2.79. The molecule has 0 heterocycles. The van der Waals surface area contributed by atoms with Crippen molar-refractivity contribution in [2.45, 2.75) is 20.3 Å². The molecule has 0 aliphatic rings. The number of aliphatic hydroxyl groups excluding tert-OH is 1. The Hall–Kier alpha value is -1.16. The number of anilines is 1. The molecule has 4 heteroatoms. The van der Waals surface area contributed by atoms with Gasteiger partial charge in [0.15, 0.2) is 0 Å². The third-order valence-corrected chi connectivity index (χ3v) is 2.82. The highest BCUT2D eigenvalue weighted by Crippen LogP contribution is 2.21. The molecule has 0 aliphatic heterocycles. The van der Waals surface area contributed by atoms with Gasteiger partial charge < -0.3 is 10.4 Å². The minimum atomic E-state index is -0.607. The quantitative estimate of drug-likeness (QED) is 0.813. The van der Waals surface area contributed by atoms with Crippen LogP contribution in [-0.2, 0) is 0 Å². The molecule has 1 aromatic carbocycles. The van der Waals surface area contributed by atoms with Crippen molar-refractivity contribution in [1.82, 2.24) is 0 Å². The van der Waals surface area contributed by atoms with Gasteiger partial charge in [-0.25, -0.2) is 8.78 Å². The summed E-state index contributed by atoms with van der Waals surface area (Å²) in [6, 6.07) is 3.29. The van der Waals surface area contributed by atoms with Crippen LogP contribution in [-0.4, -0.2) is 18.3 Å². The molecule has 1 rings (SSSR count). The molecule has 0 saturated heterocycles. The van der Waals surface area contributed by atoms with E-state index in [1.165, 1.54) is 12.1 Å². The van der Waals surface area contributed by atoms with Crippen molar-refractivity contribution < 1.29 is 13.9 Å². The van der Waals surface area contributed by atoms with E-state index in [-0.39, 0.29) is 12.0 Å². The summed E-state index contributed by atoms with van der Waals surface area (Å²) < 4.78 is 25.8. The molecule has 16 heavy (non-hydrogen) atoms. The highest BCUT2D eigenvalue weighted by Gasteiger charge is 2.20. The van der Waals surface area contributed by atoms with E-state index < -0.39 is 11.6 Å². The molecule has 0 bridgehead atoms. The molecular weight excluding hydrogens is 212 g/mol. The fourth-order valence-corrected chi connectivity index (χ4v) is 1.26. The van der Waals surface area contributed by atoms with Crippen LogP contribution in [0.15, 0.2) is 18.2 Å². The Labute approximate surface area is 94.3 Å². The lowest BCUT2D eigenvalue weighted by Crippen LogP contribution is -2.29. The third kappa shape index (κ3) is 3.45. The van der Waals surface area contributed by atoms with Crippen LogP contribution in [0.5, 0.6) is 0 Å². The Morgan fingerprint density at radius 3 is 2.25 bits per heavy atom. The molecule has 0 amide bonds. The lowest BCUT2D eigenvalue weighted by molar-refractivity contribution is 0.149. The Balaban J connectivity index is 2.67. The number of hydrogen-bond acceptors (Lipinski definition) is 2. The number of halogens is 2. The van der Waals surface area contributed by atoms with Gasteiger partial charge in [0, 0.05) is 23.7 Å². The van der Waals surface area contributed by atoms with E-state index in [0.717, 1.165) is 12.5 Å². The summed E-state index contributed by atoms with van der Waals surface area (Å²) in [4.78, 5) is 0. The maximum absolute atomic E-state index is 12.9. The molecule has 1 atom stereocenters. The first-order valence-corrected chi connectivity index (χ1v) is 5.30. The zero-order valence-electron chi connectivity index (χ0n) is 9.56. The topological polar surface area (TPSA) is 32.3 Å². The van der Waals surface area contributed by atoms with Crippen LogP contribution < -0.4 is 5.32 Å². The molecule has 0 aliphatic carbocycles. The van der Waals surface area contributed by atoms with Gasteiger partial charge in [0.05, 0.1) is 6.61 Å². The van der Waals surface area contributed by atoms with Crippen LogP contribution in [0.2, 0.25) is 0 Å². The predicted molar refractivity (Wildman–Crippen MR) is 60.3 cm³/mol. The summed E-state index contributed by atoms with van der Waals surface area (Å²) in [5.74, 6) is -1.21. The molecule has 0 radical (unpaired) electrons. The van der Waals surface area contributed by atoms with Gasteiger partial charge in [-0.05, 0) is 18.6 Å². The number of aliphatic hydroxyl groups is 1. The molecule has 2 nitrogen and oxygen atoms in total. The third-order valence-electron chi connectivity index (χ3n) is 2.82. The summed E-state index contributed by atoms with van der Waals surface area (Å²) in [6.07, 6.45) is 0.786. The fourth-order valence-electron chi connectivity index (χ4n) is 1.26. The highest BCUT2D eigenvalue weighted by atomic mass is 19.1. The second-order valence-electron chi connectivity index (χ2n) is 4.33. The van der Waals surface area contributed by atoms with Crippen molar-refractivity contribution in [3.05, 3.63) is 29.8 Å². The summed E-state index contributed by atoms with van der Waals surface area (Å²) in [5, 5.41) is 12.1. The van der Waals surface area contributed by atoms with Gasteiger partial charge in [0.25, 0.3) is 0 Å². The zero-order valence-corrected chi connectivity index (χ0v) is 9.56. The first-order chi connectivity index (χ1) is 7.49. The smallest absolute Gasteiger partial charge is 0.128 e. The van der Waals surface area contributed by atoms with Crippen LogP contribution in [0.3, 0.4) is 0 Å². The lowest BCUT2D eigenvalue weighted by atomic mass is 9.88. The Kier molecular flexibility index (Phi) is 4.24. The van der Waals surface area contributed by atoms with E-state index in [0.29, 0.717) is 12.2 Å². The highest BCUT2D eigenvalue weighted by molar-refractivity contribution is 5.43. The second kappa shape index (κ2) is 5.25. The van der Waals surface area contributed by atoms with E-state index in [9.17, 15) is 13.9 Å². The van der Waals surface area contributed by atoms with Gasteiger partial charge in [0.1, 0.15) is 11.6 Å². The van der Waals surface area contributed by atoms with Crippen LogP contribution >= 0.6 is 0 Å². The second-order valence-corrected chi connectivity index (χ2v) is 4.33. The van der Waals surface area contributed by atoms with Crippen LogP contribution in [0.25, 0.3) is 0 Å². The molecule has 0 fully saturated rings. The molecule has 0 spiro atoms. The largest absolute Gasteiger partial charge is 0.396 e. The Morgan fingerprint density at radius 2 is 1.81 bits per heavy atom. The SMILES string of the molecule is CCC(C)(CO)CNc1cc(F)cc(F)c1. The van der Waals surface area contributed by atoms with Crippen molar-refractivity contribution in [2.75, 3.05) is 18.5 Å². The van der Waals surface area contributed by atoms with Crippen molar-refractivity contribution in [3.63, 3.8) is 0 Å². The standard InChI is InChI=1S/C12H17F2NO/c1-3-12(2,8-16)7-15-11-5-9(13)4-10(14)6-11/h4-6,15-16H,3,7-8H2,1-2H3. The van der Waals surface area contributed by atoms with E-state index >= 15 is 0 Å². The minimum Gasteiger partial charge on any atom is -0.396 e. The normalized spacial score (nSPS) is 14.6. The van der Waals surface area contributed by atoms with Gasteiger partial charge in [-0.1, -0.05) is 13.8 Å². The van der Waals surface area contributed by atoms with E-state index in [4.69, 9.17) is 0 Å². The van der Waals surface area contributed by atoms with Crippen molar-refractivity contribution >= 4 is 5.69 Å². The summed E-state index contributed by atoms with van der Waals surface area (Å²) in [6.45, 7) is 4.39. The number of hydrogen-bond donors (Lipinski definition) is 2. The van der Waals surface area contributed by atoms with E-state index in [1.807, 2.05) is 13.8 Å². The average molecular weight is 229 g/mol. The fraction of sp³-hybridized carbons (Fsp3) is 0.500. The summed E-state index contributed by atoms with van der Waals surface area (Å²) >= 11 is 0. The minimum absolute atomic E-state index is 0.0360. The maximum Gasteiger partial charge on any atom is 0.128 e. The molecule has 1 aromatic rings. The van der Waals surface area contributed by atoms with Crippen molar-refractivity contribution in [3.8, 4) is 0 Å². The molecule has 2 N–H and O–H groups in total. The van der Waals surface area contributed by atoms with Crippen LogP contribution in [0.4, 0.5) is 14.5 Å². The Morgan fingerprint density at radius 1 is 1.25 bits per heavy atom. The zero-order chi connectivity index (χ0) is 12.2. The maximum atomic E-state index is 12.9. The van der Waals surface area contributed by atoms with Crippen LogP contribution in [0, 0.1) is 17.0 Å². The van der Waals surface area contributed by atoms with E-state index in [2.05, 4.69) is 5.32 Å². The monoisotopic (exact) mass is 229 g/mol. The molecule has 1 unspecified atom stereocenters. The number of rotatable bonds is 5. The van der Waals surface area contributed by atoms with Gasteiger partial charge in [0.2, 0.25) is 0 Å². The molecule has 0 aromatic heterocycles. The summed E-state index contributed by atoms with van der Waals surface area (Å²) in [5.41, 5.74) is 0.119. The first kappa shape index (κ1) is 12.9. The van der Waals surface area contributed by atoms with Gasteiger partial charge in [-0.15, -0.1) is 0 Å². The Bertz CT molecular complexity index is 331. The van der Waals surface area contributed by atoms with Gasteiger partial charge >= 0.3 is 0 Å². The molecule has 0 saturated carbocycles. The van der Waals surface area contributed by atoms with Gasteiger partial charge in [-0.2, -0.15) is 0 Å². The number of benzene rings is 1. The molecule has 90 valence electrons. The molecular formula is C12H17F2NO. The lowest BCUT2D eigenvalue weighted by Gasteiger charge is -2.26. The van der Waals surface area contributed by atoms with Crippen molar-refractivity contribution in [1.29, 1.82) is 0 Å². The number of nitrogens with one attached hydrogen (secondary N) is 1. The van der Waals surface area contributed by atoms with Crippen LogP contribution in [0.1, 0.15) is 20.3 Å².